The van der Waals surface area contributed by atoms with Crippen LogP contribution in [-0.2, 0) is 4.79 Å². The Labute approximate surface area is 275 Å². The van der Waals surface area contributed by atoms with E-state index in [2.05, 4.69) is 92.7 Å². The molecule has 234 valence electrons. The summed E-state index contributed by atoms with van der Waals surface area (Å²) in [7, 11) is 0. The summed E-state index contributed by atoms with van der Waals surface area (Å²) in [4.78, 5) is 15.0. The van der Waals surface area contributed by atoms with Gasteiger partial charge in [-0.15, -0.1) is 23.5 Å². The summed E-state index contributed by atoms with van der Waals surface area (Å²) < 4.78 is 5.32. The van der Waals surface area contributed by atoms with Crippen molar-refractivity contribution in [3.05, 3.63) is 103 Å². The normalized spacial score (nSPS) is 16.1. The van der Waals surface area contributed by atoms with Crippen LogP contribution in [0.15, 0.2) is 102 Å². The first-order chi connectivity index (χ1) is 21.6. The molecule has 0 aliphatic heterocycles. The highest BCUT2D eigenvalue weighted by Gasteiger charge is 2.39. The first-order valence-corrected chi connectivity index (χ1v) is 18.7. The van der Waals surface area contributed by atoms with Crippen molar-refractivity contribution >= 4 is 35.1 Å². The van der Waals surface area contributed by atoms with Crippen LogP contribution in [0.3, 0.4) is 0 Å². The highest BCUT2D eigenvalue weighted by Crippen LogP contribution is 2.39. The first kappa shape index (κ1) is 34.2. The summed E-state index contributed by atoms with van der Waals surface area (Å²) in [6.45, 7) is 4.48. The van der Waals surface area contributed by atoms with Gasteiger partial charge in [0.1, 0.15) is 10.5 Å². The standard InChI is InChI=1S/C40H50O2S2/c1-3-5-7-8-9-10-11-16-31-43-38-25-21-35(22-26-38)34-19-23-37(24-20-34)42-39(41)40(44-32-15-6-4-2)29-27-36(28-30-40)33-17-13-12-14-18-33/h12-14,17-29H,3-11,15-16,30-32H2,1-2H3. The molecule has 44 heavy (non-hydrogen) atoms. The Hall–Kier alpha value is -2.69. The highest BCUT2D eigenvalue weighted by molar-refractivity contribution is 8.01. The maximum absolute atomic E-state index is 13.7. The molecule has 0 bridgehead atoms. The van der Waals surface area contributed by atoms with Crippen molar-refractivity contribution in [2.45, 2.75) is 101 Å². The van der Waals surface area contributed by atoms with Crippen LogP contribution in [0.2, 0.25) is 0 Å². The van der Waals surface area contributed by atoms with Gasteiger partial charge in [0.25, 0.3) is 0 Å². The summed E-state index contributed by atoms with van der Waals surface area (Å²) in [5.41, 5.74) is 4.63. The van der Waals surface area contributed by atoms with Crippen molar-refractivity contribution in [2.75, 3.05) is 11.5 Å². The van der Waals surface area contributed by atoms with E-state index >= 15 is 0 Å². The van der Waals surface area contributed by atoms with Gasteiger partial charge in [-0.25, -0.2) is 4.79 Å². The van der Waals surface area contributed by atoms with Gasteiger partial charge in [-0.05, 0) is 77.3 Å². The van der Waals surface area contributed by atoms with Gasteiger partial charge >= 0.3 is 5.97 Å². The van der Waals surface area contributed by atoms with Gasteiger partial charge in [-0.1, -0.05) is 144 Å². The minimum absolute atomic E-state index is 0.191. The fourth-order valence-corrected chi connectivity index (χ4v) is 7.62. The predicted octanol–water partition coefficient (Wildman–Crippen LogP) is 12.2. The number of carbonyl (C=O) groups is 1. The van der Waals surface area contributed by atoms with E-state index in [1.54, 1.807) is 11.8 Å². The van der Waals surface area contributed by atoms with Crippen LogP contribution in [0.25, 0.3) is 16.7 Å². The molecule has 0 spiro atoms. The molecular weight excluding hydrogens is 577 g/mol. The van der Waals surface area contributed by atoms with Crippen molar-refractivity contribution in [1.82, 2.24) is 0 Å². The number of allylic oxidation sites excluding steroid dienone is 3. The van der Waals surface area contributed by atoms with Gasteiger partial charge in [0.2, 0.25) is 0 Å². The molecule has 1 aliphatic rings. The first-order valence-electron chi connectivity index (χ1n) is 16.8. The van der Waals surface area contributed by atoms with Crippen LogP contribution in [0.4, 0.5) is 0 Å². The van der Waals surface area contributed by atoms with E-state index < -0.39 is 4.75 Å². The summed E-state index contributed by atoms with van der Waals surface area (Å²) in [5.74, 6) is 2.53. The molecule has 0 heterocycles. The molecule has 0 fully saturated rings. The van der Waals surface area contributed by atoms with Crippen LogP contribution in [0, 0.1) is 0 Å². The van der Waals surface area contributed by atoms with E-state index in [1.807, 2.05) is 30.0 Å². The number of benzene rings is 3. The fraction of sp³-hybridized carbons (Fsp3) is 0.425. The second-order valence-electron chi connectivity index (χ2n) is 11.8. The quantitative estimate of drug-likeness (QED) is 0.0572. The Balaban J connectivity index is 1.29. The lowest BCUT2D eigenvalue weighted by Gasteiger charge is -2.29. The van der Waals surface area contributed by atoms with E-state index in [1.165, 1.54) is 86.0 Å². The average molecular weight is 627 g/mol. The lowest BCUT2D eigenvalue weighted by molar-refractivity contribution is -0.135. The third kappa shape index (κ3) is 10.7. The molecule has 0 aromatic heterocycles. The number of hydrogen-bond donors (Lipinski definition) is 0. The van der Waals surface area contributed by atoms with Gasteiger partial charge < -0.3 is 4.74 Å². The third-order valence-electron chi connectivity index (χ3n) is 8.24. The molecule has 3 aromatic carbocycles. The number of rotatable bonds is 19. The van der Waals surface area contributed by atoms with Crippen LogP contribution >= 0.6 is 23.5 Å². The SMILES string of the molecule is CCCCCCCCCCSc1ccc(-c2ccc(OC(=O)C3(SCCCCC)C=CC(c4ccccc4)=CC3)cc2)cc1. The van der Waals surface area contributed by atoms with Crippen LogP contribution in [-0.4, -0.2) is 22.2 Å². The second kappa shape index (κ2) is 19.0. The predicted molar refractivity (Wildman–Crippen MR) is 194 cm³/mol. The number of thioether (sulfide) groups is 2. The molecular formula is C40H50O2S2. The van der Waals surface area contributed by atoms with Gasteiger partial charge in [-0.3, -0.25) is 0 Å². The molecule has 4 heteroatoms. The Morgan fingerprint density at radius 2 is 1.27 bits per heavy atom. The lowest BCUT2D eigenvalue weighted by atomic mass is 9.92. The topological polar surface area (TPSA) is 26.3 Å². The number of ether oxygens (including phenoxy) is 1. The van der Waals surface area contributed by atoms with Gasteiger partial charge in [0.05, 0.1) is 0 Å². The lowest BCUT2D eigenvalue weighted by Crippen LogP contribution is -2.38. The largest absolute Gasteiger partial charge is 0.425 e. The van der Waals surface area contributed by atoms with Gasteiger partial charge in [-0.2, -0.15) is 0 Å². The smallest absolute Gasteiger partial charge is 0.331 e. The molecule has 0 radical (unpaired) electrons. The van der Waals surface area contributed by atoms with Gasteiger partial charge in [0.15, 0.2) is 0 Å². The fourth-order valence-electron chi connectivity index (χ4n) is 5.47. The maximum atomic E-state index is 13.7. The Bertz CT molecular complexity index is 1310. The molecule has 0 N–H and O–H groups in total. The minimum atomic E-state index is -0.702. The zero-order valence-corrected chi connectivity index (χ0v) is 28.4. The molecule has 3 aromatic rings. The van der Waals surface area contributed by atoms with Crippen LogP contribution in [0.1, 0.15) is 96.5 Å². The zero-order valence-electron chi connectivity index (χ0n) is 26.8. The van der Waals surface area contributed by atoms with Crippen molar-refractivity contribution in [3.63, 3.8) is 0 Å². The van der Waals surface area contributed by atoms with Crippen LogP contribution in [0.5, 0.6) is 5.75 Å². The number of carbonyl (C=O) groups excluding carboxylic acids is 1. The monoisotopic (exact) mass is 626 g/mol. The Kier molecular flexibility index (Phi) is 14.7. The van der Waals surface area contributed by atoms with Crippen molar-refractivity contribution in [1.29, 1.82) is 0 Å². The highest BCUT2D eigenvalue weighted by atomic mass is 32.2. The third-order valence-corrected chi connectivity index (χ3v) is 10.8. The molecule has 1 atom stereocenters. The van der Waals surface area contributed by atoms with E-state index in [0.29, 0.717) is 12.2 Å². The number of hydrogen-bond acceptors (Lipinski definition) is 4. The van der Waals surface area contributed by atoms with Crippen LogP contribution < -0.4 is 4.74 Å². The summed E-state index contributed by atoms with van der Waals surface area (Å²) in [6.07, 6.45) is 21.3. The van der Waals surface area contributed by atoms with E-state index in [9.17, 15) is 4.79 Å². The average Bonchev–Trinajstić information content (AvgIpc) is 3.07. The number of unbranched alkanes of at least 4 members (excludes halogenated alkanes) is 9. The summed E-state index contributed by atoms with van der Waals surface area (Å²) in [6, 6.07) is 27.2. The second-order valence-corrected chi connectivity index (χ2v) is 14.4. The van der Waals surface area contributed by atoms with Crippen molar-refractivity contribution < 1.29 is 9.53 Å². The van der Waals surface area contributed by atoms with E-state index in [-0.39, 0.29) is 5.97 Å². The molecule has 0 saturated heterocycles. The molecule has 0 amide bonds. The molecule has 4 rings (SSSR count). The minimum Gasteiger partial charge on any atom is -0.425 e. The van der Waals surface area contributed by atoms with E-state index in [0.717, 1.165) is 23.3 Å². The molecule has 2 nitrogen and oxygen atoms in total. The van der Waals surface area contributed by atoms with E-state index in [4.69, 9.17) is 4.74 Å². The summed E-state index contributed by atoms with van der Waals surface area (Å²) in [5, 5.41) is 0. The van der Waals surface area contributed by atoms with Crippen molar-refractivity contribution in [3.8, 4) is 16.9 Å². The summed E-state index contributed by atoms with van der Waals surface area (Å²) >= 11 is 3.67. The Morgan fingerprint density at radius 3 is 1.91 bits per heavy atom. The van der Waals surface area contributed by atoms with Crippen molar-refractivity contribution in [2.24, 2.45) is 0 Å². The molecule has 1 aliphatic carbocycles. The number of esters is 1. The van der Waals surface area contributed by atoms with Gasteiger partial charge in [0, 0.05) is 4.90 Å². The zero-order chi connectivity index (χ0) is 30.9. The Morgan fingerprint density at radius 1 is 0.682 bits per heavy atom. The maximum Gasteiger partial charge on any atom is 0.331 e. The molecule has 1 unspecified atom stereocenters. The molecule has 0 saturated carbocycles.